The Kier molecular flexibility index (Phi) is 2.94. The number of ether oxygens (including phenoxy) is 1. The van der Waals surface area contributed by atoms with Crippen molar-refractivity contribution in [1.82, 2.24) is 0 Å². The predicted octanol–water partition coefficient (Wildman–Crippen LogP) is 3.86. The molecule has 5 aliphatic rings. The molecule has 4 aliphatic carbocycles. The molecule has 0 radical (unpaired) electrons. The van der Waals surface area contributed by atoms with Gasteiger partial charge in [0.1, 0.15) is 0 Å². The van der Waals surface area contributed by atoms with Gasteiger partial charge < -0.3 is 4.74 Å². The van der Waals surface area contributed by atoms with E-state index in [4.69, 9.17) is 4.74 Å². The van der Waals surface area contributed by atoms with Gasteiger partial charge in [-0.1, -0.05) is 13.8 Å². The summed E-state index contributed by atoms with van der Waals surface area (Å²) in [4.78, 5) is 24.8. The maximum atomic E-state index is 12.9. The summed E-state index contributed by atoms with van der Waals surface area (Å²) in [7, 11) is 0. The summed E-state index contributed by atoms with van der Waals surface area (Å²) in [6, 6.07) is 0. The highest BCUT2D eigenvalue weighted by Gasteiger charge is 2.67. The van der Waals surface area contributed by atoms with Gasteiger partial charge in [0.2, 0.25) is 0 Å². The van der Waals surface area contributed by atoms with Crippen molar-refractivity contribution in [2.75, 3.05) is 6.61 Å². The van der Waals surface area contributed by atoms with E-state index in [1.54, 1.807) is 6.08 Å². The lowest BCUT2D eigenvalue weighted by Gasteiger charge is -2.61. The normalized spacial score (nSPS) is 53.1. The van der Waals surface area contributed by atoms with Crippen LogP contribution < -0.4 is 0 Å². The molecule has 130 valence electrons. The van der Waals surface area contributed by atoms with E-state index >= 15 is 0 Å². The van der Waals surface area contributed by atoms with Crippen LogP contribution in [0.5, 0.6) is 0 Å². The SMILES string of the molecule is C[C@]12CCC(=O)C=C1C(=O)CC1C2CC[C@@]2(C)C1CC[C@@]21CCO1. The zero-order chi connectivity index (χ0) is 16.7. The van der Waals surface area contributed by atoms with E-state index in [-0.39, 0.29) is 28.0 Å². The highest BCUT2D eigenvalue weighted by Crippen LogP contribution is 2.69. The standard InChI is InChI=1S/C21H28O3/c1-19-6-3-13(22)11-17(19)18(23)12-14-15(19)4-7-20(2)16(14)5-8-21(20)9-10-24-21/h11,14-16H,3-10,12H2,1-2H3/t14?,15?,16?,19-,20+,21-/m1/s1. The van der Waals surface area contributed by atoms with Crippen LogP contribution in [0, 0.1) is 28.6 Å². The lowest BCUT2D eigenvalue weighted by molar-refractivity contribution is -0.226. The van der Waals surface area contributed by atoms with Crippen LogP contribution in [0.2, 0.25) is 0 Å². The molecule has 24 heavy (non-hydrogen) atoms. The van der Waals surface area contributed by atoms with Gasteiger partial charge >= 0.3 is 0 Å². The molecule has 1 heterocycles. The molecule has 4 fully saturated rings. The zero-order valence-corrected chi connectivity index (χ0v) is 14.9. The van der Waals surface area contributed by atoms with Crippen LogP contribution in [0.15, 0.2) is 11.6 Å². The van der Waals surface area contributed by atoms with Gasteiger partial charge in [0.15, 0.2) is 11.6 Å². The summed E-state index contributed by atoms with van der Waals surface area (Å²) in [6.07, 6.45) is 9.88. The van der Waals surface area contributed by atoms with Crippen LogP contribution >= 0.6 is 0 Å². The molecule has 6 atom stereocenters. The van der Waals surface area contributed by atoms with Gasteiger partial charge in [-0.25, -0.2) is 0 Å². The van der Waals surface area contributed by atoms with Gasteiger partial charge in [-0.05, 0) is 66.8 Å². The molecule has 0 amide bonds. The summed E-state index contributed by atoms with van der Waals surface area (Å²) in [5.74, 6) is 2.10. The second kappa shape index (κ2) is 4.60. The Morgan fingerprint density at radius 3 is 2.50 bits per heavy atom. The first-order valence-electron chi connectivity index (χ1n) is 9.82. The fourth-order valence-electron chi connectivity index (χ4n) is 7.48. The molecule has 0 aromatic rings. The Balaban J connectivity index is 1.54. The monoisotopic (exact) mass is 328 g/mol. The Labute approximate surface area is 144 Å². The number of rotatable bonds is 0. The van der Waals surface area contributed by atoms with Crippen LogP contribution in [0.3, 0.4) is 0 Å². The highest BCUT2D eigenvalue weighted by atomic mass is 16.5. The summed E-state index contributed by atoms with van der Waals surface area (Å²) < 4.78 is 6.16. The third-order valence-corrected chi connectivity index (χ3v) is 8.96. The first kappa shape index (κ1) is 15.3. The van der Waals surface area contributed by atoms with Crippen molar-refractivity contribution in [2.45, 2.75) is 70.8 Å². The molecular formula is C21H28O3. The lowest BCUT2D eigenvalue weighted by atomic mass is 9.46. The van der Waals surface area contributed by atoms with Crippen molar-refractivity contribution >= 4 is 11.6 Å². The van der Waals surface area contributed by atoms with Gasteiger partial charge in [-0.3, -0.25) is 9.59 Å². The number of hydrogen-bond acceptors (Lipinski definition) is 3. The topological polar surface area (TPSA) is 43.4 Å². The van der Waals surface area contributed by atoms with E-state index < -0.39 is 0 Å². The Bertz CT molecular complexity index is 658. The third kappa shape index (κ3) is 1.63. The number of carbonyl (C=O) groups is 2. The molecule has 3 nitrogen and oxygen atoms in total. The molecule has 3 heteroatoms. The van der Waals surface area contributed by atoms with Gasteiger partial charge in [0, 0.05) is 24.8 Å². The molecule has 0 aromatic carbocycles. The van der Waals surface area contributed by atoms with Crippen molar-refractivity contribution in [3.05, 3.63) is 11.6 Å². The Morgan fingerprint density at radius 2 is 1.79 bits per heavy atom. The summed E-state index contributed by atoms with van der Waals surface area (Å²) >= 11 is 0. The highest BCUT2D eigenvalue weighted by molar-refractivity contribution is 6.05. The minimum Gasteiger partial charge on any atom is -0.374 e. The fraction of sp³-hybridized carbons (Fsp3) is 0.810. The van der Waals surface area contributed by atoms with E-state index in [0.29, 0.717) is 30.6 Å². The molecule has 1 aliphatic heterocycles. The van der Waals surface area contributed by atoms with Gasteiger partial charge in [0.05, 0.1) is 12.2 Å². The predicted molar refractivity (Wildman–Crippen MR) is 90.4 cm³/mol. The van der Waals surface area contributed by atoms with E-state index in [1.807, 2.05) is 0 Å². The molecule has 0 N–H and O–H groups in total. The molecular weight excluding hydrogens is 300 g/mol. The Hall–Kier alpha value is -0.960. The van der Waals surface area contributed by atoms with E-state index in [2.05, 4.69) is 13.8 Å². The van der Waals surface area contributed by atoms with E-state index in [0.717, 1.165) is 18.6 Å². The first-order chi connectivity index (χ1) is 11.4. The Morgan fingerprint density at radius 1 is 1.04 bits per heavy atom. The minimum absolute atomic E-state index is 0.0640. The van der Waals surface area contributed by atoms with Crippen molar-refractivity contribution in [3.63, 3.8) is 0 Å². The maximum Gasteiger partial charge on any atom is 0.159 e. The molecule has 0 bridgehead atoms. The molecule has 1 saturated heterocycles. The van der Waals surface area contributed by atoms with Gasteiger partial charge in [0.25, 0.3) is 0 Å². The fourth-order valence-corrected chi connectivity index (χ4v) is 7.48. The van der Waals surface area contributed by atoms with E-state index in [1.165, 1.54) is 32.1 Å². The van der Waals surface area contributed by atoms with E-state index in [9.17, 15) is 9.59 Å². The molecule has 3 saturated carbocycles. The molecule has 0 aromatic heterocycles. The quantitative estimate of drug-likeness (QED) is 0.678. The molecule has 5 rings (SSSR count). The first-order valence-corrected chi connectivity index (χ1v) is 9.82. The summed E-state index contributed by atoms with van der Waals surface area (Å²) in [6.45, 7) is 5.64. The van der Waals surface area contributed by atoms with Crippen molar-refractivity contribution in [2.24, 2.45) is 28.6 Å². The summed E-state index contributed by atoms with van der Waals surface area (Å²) in [5.41, 5.74) is 1.17. The average molecular weight is 328 g/mol. The van der Waals surface area contributed by atoms with Crippen molar-refractivity contribution in [1.29, 1.82) is 0 Å². The van der Waals surface area contributed by atoms with Crippen LogP contribution in [-0.4, -0.2) is 23.8 Å². The third-order valence-electron chi connectivity index (χ3n) is 8.96. The largest absolute Gasteiger partial charge is 0.374 e. The molecule has 1 spiro atoms. The number of Topliss-reactive ketones (excluding diaryl/α,β-unsaturated/α-hetero) is 1. The smallest absolute Gasteiger partial charge is 0.159 e. The van der Waals surface area contributed by atoms with Crippen molar-refractivity contribution < 1.29 is 14.3 Å². The number of fused-ring (bicyclic) bond motifs is 6. The molecule has 3 unspecified atom stereocenters. The van der Waals surface area contributed by atoms with Crippen LogP contribution in [0.1, 0.15) is 65.2 Å². The minimum atomic E-state index is -0.0640. The summed E-state index contributed by atoms with van der Waals surface area (Å²) in [5, 5.41) is 0. The average Bonchev–Trinajstić information content (AvgIpc) is 2.82. The second-order valence-corrected chi connectivity index (χ2v) is 9.53. The number of hydrogen-bond donors (Lipinski definition) is 0. The van der Waals surface area contributed by atoms with Crippen LogP contribution in [-0.2, 0) is 14.3 Å². The second-order valence-electron chi connectivity index (χ2n) is 9.53. The number of carbonyl (C=O) groups excluding carboxylic acids is 2. The van der Waals surface area contributed by atoms with Crippen LogP contribution in [0.25, 0.3) is 0 Å². The van der Waals surface area contributed by atoms with Gasteiger partial charge in [-0.15, -0.1) is 0 Å². The van der Waals surface area contributed by atoms with Crippen molar-refractivity contribution in [3.8, 4) is 0 Å². The zero-order valence-electron chi connectivity index (χ0n) is 14.9. The number of ketones is 2. The maximum absolute atomic E-state index is 12.9. The van der Waals surface area contributed by atoms with Gasteiger partial charge in [-0.2, -0.15) is 0 Å². The number of allylic oxidation sites excluding steroid dienone is 1. The van der Waals surface area contributed by atoms with Crippen LogP contribution in [0.4, 0.5) is 0 Å². The lowest BCUT2D eigenvalue weighted by Crippen LogP contribution is -2.60.